The predicted molar refractivity (Wildman–Crippen MR) is 70.4 cm³/mol. The maximum absolute atomic E-state index is 12.7. The first-order valence-corrected chi connectivity index (χ1v) is 6.95. The van der Waals surface area contributed by atoms with Gasteiger partial charge in [0.2, 0.25) is 0 Å². The predicted octanol–water partition coefficient (Wildman–Crippen LogP) is 1.93. The Labute approximate surface area is 108 Å². The lowest BCUT2D eigenvalue weighted by Crippen LogP contribution is -2.30. The van der Waals surface area contributed by atoms with E-state index in [-0.39, 0.29) is 11.8 Å². The number of hydrogen-bond acceptors (Lipinski definition) is 3. The minimum atomic E-state index is 0.0438. The summed E-state index contributed by atoms with van der Waals surface area (Å²) in [5.41, 5.74) is 2.33. The van der Waals surface area contributed by atoms with E-state index in [2.05, 4.69) is 23.3 Å². The van der Waals surface area contributed by atoms with E-state index in [0.717, 1.165) is 38.0 Å². The molecular formula is C15H20N2O. The Morgan fingerprint density at radius 2 is 2.33 bits per heavy atom. The zero-order chi connectivity index (χ0) is 12.5. The average Bonchev–Trinajstić information content (AvgIpc) is 2.83. The van der Waals surface area contributed by atoms with Crippen LogP contribution in [0.15, 0.2) is 18.3 Å². The highest BCUT2D eigenvalue weighted by molar-refractivity contribution is 5.88. The molecule has 0 aromatic carbocycles. The van der Waals surface area contributed by atoms with Crippen molar-refractivity contribution in [3.8, 4) is 0 Å². The summed E-state index contributed by atoms with van der Waals surface area (Å²) in [5, 5.41) is 3.32. The van der Waals surface area contributed by atoms with Crippen molar-refractivity contribution in [3.05, 3.63) is 29.6 Å². The van der Waals surface area contributed by atoms with Crippen LogP contribution in [0.4, 0.5) is 0 Å². The summed E-state index contributed by atoms with van der Waals surface area (Å²) in [6.45, 7) is 3.99. The van der Waals surface area contributed by atoms with Gasteiger partial charge in [0.15, 0.2) is 0 Å². The van der Waals surface area contributed by atoms with Gasteiger partial charge in [0.05, 0.1) is 11.6 Å². The SMILES string of the molecule is CC1CNCC1C(=O)C1CCCc2cccnc21. The van der Waals surface area contributed by atoms with E-state index in [9.17, 15) is 4.79 Å². The molecule has 18 heavy (non-hydrogen) atoms. The Kier molecular flexibility index (Phi) is 3.16. The van der Waals surface area contributed by atoms with Crippen LogP contribution in [-0.2, 0) is 11.2 Å². The van der Waals surface area contributed by atoms with Gasteiger partial charge in [-0.1, -0.05) is 13.0 Å². The molecule has 0 bridgehead atoms. The molecule has 3 rings (SSSR count). The highest BCUT2D eigenvalue weighted by Gasteiger charge is 2.36. The molecule has 0 amide bonds. The molecule has 1 aromatic heterocycles. The number of nitrogens with zero attached hydrogens (tertiary/aromatic N) is 1. The lowest BCUT2D eigenvalue weighted by atomic mass is 9.78. The third-order valence-electron chi connectivity index (χ3n) is 4.42. The van der Waals surface area contributed by atoms with Gasteiger partial charge >= 0.3 is 0 Å². The zero-order valence-electron chi connectivity index (χ0n) is 10.9. The lowest BCUT2D eigenvalue weighted by Gasteiger charge is -2.26. The number of carbonyl (C=O) groups is 1. The van der Waals surface area contributed by atoms with Crippen LogP contribution in [0, 0.1) is 11.8 Å². The largest absolute Gasteiger partial charge is 0.316 e. The quantitative estimate of drug-likeness (QED) is 0.864. The minimum absolute atomic E-state index is 0.0438. The van der Waals surface area contributed by atoms with E-state index >= 15 is 0 Å². The fourth-order valence-electron chi connectivity index (χ4n) is 3.34. The van der Waals surface area contributed by atoms with E-state index in [1.165, 1.54) is 5.56 Å². The second-order valence-electron chi connectivity index (χ2n) is 5.64. The highest BCUT2D eigenvalue weighted by atomic mass is 16.1. The first-order valence-electron chi connectivity index (χ1n) is 6.95. The van der Waals surface area contributed by atoms with E-state index in [1.807, 2.05) is 12.3 Å². The van der Waals surface area contributed by atoms with Crippen LogP contribution >= 0.6 is 0 Å². The Morgan fingerprint density at radius 1 is 1.44 bits per heavy atom. The number of rotatable bonds is 2. The number of Topliss-reactive ketones (excluding diaryl/α,β-unsaturated/α-hetero) is 1. The molecule has 3 unspecified atom stereocenters. The monoisotopic (exact) mass is 244 g/mol. The van der Waals surface area contributed by atoms with E-state index in [4.69, 9.17) is 0 Å². The van der Waals surface area contributed by atoms with Gasteiger partial charge in [-0.15, -0.1) is 0 Å². The van der Waals surface area contributed by atoms with Crippen molar-refractivity contribution in [2.75, 3.05) is 13.1 Å². The molecule has 3 nitrogen and oxygen atoms in total. The van der Waals surface area contributed by atoms with Crippen LogP contribution in [-0.4, -0.2) is 23.9 Å². The summed E-state index contributed by atoms with van der Waals surface area (Å²) in [5.74, 6) is 1.10. The second kappa shape index (κ2) is 4.81. The molecule has 0 radical (unpaired) electrons. The molecule has 2 heterocycles. The number of fused-ring (bicyclic) bond motifs is 1. The summed E-state index contributed by atoms with van der Waals surface area (Å²) >= 11 is 0. The highest BCUT2D eigenvalue weighted by Crippen LogP contribution is 2.34. The van der Waals surface area contributed by atoms with Gasteiger partial charge in [-0.3, -0.25) is 9.78 Å². The zero-order valence-corrected chi connectivity index (χ0v) is 10.9. The Morgan fingerprint density at radius 3 is 3.11 bits per heavy atom. The fourth-order valence-corrected chi connectivity index (χ4v) is 3.34. The van der Waals surface area contributed by atoms with Crippen LogP contribution < -0.4 is 5.32 Å². The van der Waals surface area contributed by atoms with Crippen molar-refractivity contribution < 1.29 is 4.79 Å². The number of ketones is 1. The first-order chi connectivity index (χ1) is 8.77. The maximum Gasteiger partial charge on any atom is 0.146 e. The van der Waals surface area contributed by atoms with Crippen molar-refractivity contribution in [1.82, 2.24) is 10.3 Å². The number of pyridine rings is 1. The van der Waals surface area contributed by atoms with Gasteiger partial charge in [-0.2, -0.15) is 0 Å². The Bertz CT molecular complexity index is 458. The maximum atomic E-state index is 12.7. The minimum Gasteiger partial charge on any atom is -0.316 e. The molecule has 96 valence electrons. The van der Waals surface area contributed by atoms with Crippen LogP contribution in [0.3, 0.4) is 0 Å². The molecule has 1 N–H and O–H groups in total. The molecular weight excluding hydrogens is 224 g/mol. The normalized spacial score (nSPS) is 31.1. The summed E-state index contributed by atoms with van der Waals surface area (Å²) in [6.07, 6.45) is 4.99. The summed E-state index contributed by atoms with van der Waals surface area (Å²) in [4.78, 5) is 17.2. The summed E-state index contributed by atoms with van der Waals surface area (Å²) in [6, 6.07) is 4.10. The molecule has 1 fully saturated rings. The number of aryl methyl sites for hydroxylation is 1. The van der Waals surface area contributed by atoms with Crippen molar-refractivity contribution in [1.29, 1.82) is 0 Å². The molecule has 1 aliphatic heterocycles. The fraction of sp³-hybridized carbons (Fsp3) is 0.600. The topological polar surface area (TPSA) is 42.0 Å². The molecule has 3 atom stereocenters. The van der Waals surface area contributed by atoms with Crippen LogP contribution in [0.25, 0.3) is 0 Å². The van der Waals surface area contributed by atoms with Gasteiger partial charge in [-0.05, 0) is 43.4 Å². The third kappa shape index (κ3) is 1.97. The summed E-state index contributed by atoms with van der Waals surface area (Å²) < 4.78 is 0. The van der Waals surface area contributed by atoms with E-state index in [1.54, 1.807) is 0 Å². The van der Waals surface area contributed by atoms with Crippen molar-refractivity contribution in [2.45, 2.75) is 32.1 Å². The van der Waals surface area contributed by atoms with Crippen LogP contribution in [0.1, 0.15) is 36.9 Å². The molecule has 1 aliphatic carbocycles. The molecule has 0 spiro atoms. The summed E-state index contributed by atoms with van der Waals surface area (Å²) in [7, 11) is 0. The second-order valence-corrected chi connectivity index (χ2v) is 5.64. The standard InChI is InChI=1S/C15H20N2O/c1-10-8-16-9-13(10)15(18)12-6-2-4-11-5-3-7-17-14(11)12/h3,5,7,10,12-13,16H,2,4,6,8-9H2,1H3. The average molecular weight is 244 g/mol. The van der Waals surface area contributed by atoms with E-state index < -0.39 is 0 Å². The van der Waals surface area contributed by atoms with Gasteiger partial charge in [0.1, 0.15) is 5.78 Å². The van der Waals surface area contributed by atoms with Crippen molar-refractivity contribution in [2.24, 2.45) is 11.8 Å². The first kappa shape index (κ1) is 11.8. The van der Waals surface area contributed by atoms with Gasteiger partial charge in [0, 0.05) is 18.7 Å². The molecule has 1 saturated heterocycles. The lowest BCUT2D eigenvalue weighted by molar-refractivity contribution is -0.125. The number of carbonyl (C=O) groups excluding carboxylic acids is 1. The molecule has 3 heteroatoms. The Hall–Kier alpha value is -1.22. The van der Waals surface area contributed by atoms with Crippen LogP contribution in [0.2, 0.25) is 0 Å². The molecule has 0 saturated carbocycles. The Balaban J connectivity index is 1.87. The van der Waals surface area contributed by atoms with Crippen molar-refractivity contribution >= 4 is 5.78 Å². The number of aromatic nitrogens is 1. The van der Waals surface area contributed by atoms with Gasteiger partial charge in [-0.25, -0.2) is 0 Å². The third-order valence-corrected chi connectivity index (χ3v) is 4.42. The van der Waals surface area contributed by atoms with Gasteiger partial charge < -0.3 is 5.32 Å². The molecule has 1 aromatic rings. The van der Waals surface area contributed by atoms with E-state index in [0.29, 0.717) is 11.7 Å². The number of hydrogen-bond donors (Lipinski definition) is 1. The number of nitrogens with one attached hydrogen (secondary N) is 1. The molecule has 2 aliphatic rings. The van der Waals surface area contributed by atoms with Crippen molar-refractivity contribution in [3.63, 3.8) is 0 Å². The van der Waals surface area contributed by atoms with Gasteiger partial charge in [0.25, 0.3) is 0 Å². The smallest absolute Gasteiger partial charge is 0.146 e. The van der Waals surface area contributed by atoms with Crippen LogP contribution in [0.5, 0.6) is 0 Å².